The minimum Gasteiger partial charge on any atom is -0.469 e. The van der Waals surface area contributed by atoms with E-state index in [2.05, 4.69) is 32.5 Å². The third kappa shape index (κ3) is 7.19. The van der Waals surface area contributed by atoms with Gasteiger partial charge in [-0.15, -0.1) is 11.3 Å². The van der Waals surface area contributed by atoms with Crippen LogP contribution >= 0.6 is 11.3 Å². The lowest BCUT2D eigenvalue weighted by Gasteiger charge is -2.12. The van der Waals surface area contributed by atoms with Crippen LogP contribution < -0.4 is 10.6 Å². The first-order valence-electron chi connectivity index (χ1n) is 9.39. The molecular formula is C20H29N3O3S. The largest absolute Gasteiger partial charge is 0.469 e. The zero-order valence-electron chi connectivity index (χ0n) is 16.0. The van der Waals surface area contributed by atoms with Crippen molar-refractivity contribution in [2.24, 2.45) is 4.99 Å². The predicted molar refractivity (Wildman–Crippen MR) is 111 cm³/mol. The number of rotatable bonds is 10. The van der Waals surface area contributed by atoms with Gasteiger partial charge in [0.25, 0.3) is 0 Å². The van der Waals surface area contributed by atoms with Gasteiger partial charge in [0.2, 0.25) is 0 Å². The number of unbranched alkanes of at least 4 members (excludes halogenated alkanes) is 2. The molecule has 0 fully saturated rings. The van der Waals surface area contributed by atoms with E-state index in [1.807, 2.05) is 25.1 Å². The summed E-state index contributed by atoms with van der Waals surface area (Å²) in [5.41, 5.74) is 0. The van der Waals surface area contributed by atoms with Crippen LogP contribution in [-0.2, 0) is 9.53 Å². The van der Waals surface area contributed by atoms with Gasteiger partial charge < -0.3 is 20.5 Å². The smallest absolute Gasteiger partial charge is 0.305 e. The van der Waals surface area contributed by atoms with Gasteiger partial charge in [-0.3, -0.25) is 9.79 Å². The molecule has 3 N–H and O–H groups in total. The summed E-state index contributed by atoms with van der Waals surface area (Å²) in [4.78, 5) is 16.5. The Kier molecular flexibility index (Phi) is 9.07. The molecule has 6 nitrogen and oxygen atoms in total. The molecule has 0 spiro atoms. The maximum Gasteiger partial charge on any atom is 0.305 e. The number of carbonyl (C=O) groups is 1. The molecule has 0 radical (unpaired) electrons. The highest BCUT2D eigenvalue weighted by molar-refractivity contribution is 7.19. The van der Waals surface area contributed by atoms with E-state index in [-0.39, 0.29) is 5.97 Å². The molecule has 1 aromatic carbocycles. The summed E-state index contributed by atoms with van der Waals surface area (Å²) in [6.45, 7) is 3.85. The number of esters is 1. The fourth-order valence-electron chi connectivity index (χ4n) is 2.66. The molecular weight excluding hydrogens is 362 g/mol. The Morgan fingerprint density at radius 3 is 2.81 bits per heavy atom. The highest BCUT2D eigenvalue weighted by Crippen LogP contribution is 2.29. The van der Waals surface area contributed by atoms with Gasteiger partial charge in [-0.1, -0.05) is 24.6 Å². The van der Waals surface area contributed by atoms with E-state index in [4.69, 9.17) is 0 Å². The van der Waals surface area contributed by atoms with Crippen LogP contribution in [0.5, 0.6) is 0 Å². The van der Waals surface area contributed by atoms with Crippen LogP contribution in [-0.4, -0.2) is 43.8 Å². The topological polar surface area (TPSA) is 83.0 Å². The molecule has 1 atom stereocenters. The first kappa shape index (κ1) is 21.2. The number of aliphatic imine (C=N–C) groups is 1. The van der Waals surface area contributed by atoms with Crippen molar-refractivity contribution in [1.82, 2.24) is 10.6 Å². The molecule has 148 valence electrons. The van der Waals surface area contributed by atoms with Gasteiger partial charge in [0, 0.05) is 29.1 Å². The van der Waals surface area contributed by atoms with Crippen LogP contribution in [0.1, 0.15) is 43.6 Å². The van der Waals surface area contributed by atoms with E-state index < -0.39 is 6.10 Å². The second kappa shape index (κ2) is 11.6. The average molecular weight is 392 g/mol. The van der Waals surface area contributed by atoms with Crippen LogP contribution in [0.15, 0.2) is 35.3 Å². The molecule has 2 aromatic rings. The van der Waals surface area contributed by atoms with Crippen molar-refractivity contribution < 1.29 is 14.6 Å². The Bertz CT molecular complexity index is 712. The Morgan fingerprint density at radius 1 is 1.26 bits per heavy atom. The van der Waals surface area contributed by atoms with Crippen molar-refractivity contribution in [1.29, 1.82) is 0 Å². The summed E-state index contributed by atoms with van der Waals surface area (Å²) >= 11 is 1.60. The van der Waals surface area contributed by atoms with Crippen molar-refractivity contribution in [2.75, 3.05) is 26.7 Å². The third-order valence-corrected chi connectivity index (χ3v) is 5.33. The van der Waals surface area contributed by atoms with E-state index in [9.17, 15) is 9.90 Å². The minimum absolute atomic E-state index is 0.159. The van der Waals surface area contributed by atoms with E-state index >= 15 is 0 Å². The molecule has 7 heteroatoms. The summed E-state index contributed by atoms with van der Waals surface area (Å²) in [7, 11) is 1.41. The Hall–Kier alpha value is -2.12. The molecule has 0 aliphatic carbocycles. The molecule has 0 saturated heterocycles. The third-order valence-electron chi connectivity index (χ3n) is 4.12. The number of aliphatic hydroxyl groups is 1. The number of fused-ring (bicyclic) bond motifs is 1. The first-order chi connectivity index (χ1) is 13.1. The SMILES string of the molecule is CCNC(=NCC(O)c1cc2ccccc2s1)NCCCCCC(=O)OC. The van der Waals surface area contributed by atoms with E-state index in [1.165, 1.54) is 11.8 Å². The average Bonchev–Trinajstić information content (AvgIpc) is 3.12. The van der Waals surface area contributed by atoms with Crippen LogP contribution in [0.3, 0.4) is 0 Å². The van der Waals surface area contributed by atoms with Crippen LogP contribution in [0.25, 0.3) is 10.1 Å². The number of hydrogen-bond donors (Lipinski definition) is 3. The highest BCUT2D eigenvalue weighted by Gasteiger charge is 2.11. The second-order valence-corrected chi connectivity index (χ2v) is 7.35. The number of carbonyl (C=O) groups excluding carboxylic acids is 1. The summed E-state index contributed by atoms with van der Waals surface area (Å²) in [5, 5.41) is 18.1. The Labute approximate surface area is 164 Å². The van der Waals surface area contributed by atoms with Gasteiger partial charge >= 0.3 is 5.97 Å². The van der Waals surface area contributed by atoms with Gasteiger partial charge in [-0.05, 0) is 37.3 Å². The minimum atomic E-state index is -0.613. The molecule has 0 aliphatic rings. The summed E-state index contributed by atoms with van der Waals surface area (Å²) in [5.74, 6) is 0.540. The Morgan fingerprint density at radius 2 is 2.07 bits per heavy atom. The van der Waals surface area contributed by atoms with Crippen LogP contribution in [0.4, 0.5) is 0 Å². The summed E-state index contributed by atoms with van der Waals surface area (Å²) < 4.78 is 5.80. The quantitative estimate of drug-likeness (QED) is 0.251. The number of nitrogens with one attached hydrogen (secondary N) is 2. The molecule has 0 aliphatic heterocycles. The first-order valence-corrected chi connectivity index (χ1v) is 10.2. The number of methoxy groups -OCH3 is 1. The number of ether oxygens (including phenoxy) is 1. The fourth-order valence-corrected chi connectivity index (χ4v) is 3.70. The van der Waals surface area contributed by atoms with Gasteiger partial charge in [0.15, 0.2) is 5.96 Å². The van der Waals surface area contributed by atoms with Crippen molar-refractivity contribution in [2.45, 2.75) is 38.7 Å². The summed E-state index contributed by atoms with van der Waals surface area (Å²) in [6, 6.07) is 10.2. The molecule has 0 saturated carbocycles. The molecule has 1 aromatic heterocycles. The number of thiophene rings is 1. The maximum atomic E-state index is 11.1. The number of aliphatic hydroxyl groups excluding tert-OH is 1. The molecule has 0 amide bonds. The number of nitrogens with zero attached hydrogens (tertiary/aromatic N) is 1. The molecule has 2 rings (SSSR count). The van der Waals surface area contributed by atoms with Gasteiger partial charge in [0.05, 0.1) is 13.7 Å². The molecule has 27 heavy (non-hydrogen) atoms. The van der Waals surface area contributed by atoms with Crippen LogP contribution in [0.2, 0.25) is 0 Å². The van der Waals surface area contributed by atoms with Crippen molar-refractivity contribution >= 4 is 33.4 Å². The highest BCUT2D eigenvalue weighted by atomic mass is 32.1. The lowest BCUT2D eigenvalue weighted by molar-refractivity contribution is -0.140. The standard InChI is InChI=1S/C20H29N3O3S/c1-3-21-20(22-12-8-4-5-11-19(25)26-2)23-14-16(24)18-13-15-9-6-7-10-17(15)27-18/h6-7,9-10,13,16,24H,3-5,8,11-12,14H2,1-2H3,(H2,21,22,23). The van der Waals surface area contributed by atoms with E-state index in [1.54, 1.807) is 11.3 Å². The van der Waals surface area contributed by atoms with Gasteiger partial charge in [-0.25, -0.2) is 0 Å². The summed E-state index contributed by atoms with van der Waals surface area (Å²) in [6.07, 6.45) is 2.57. The van der Waals surface area contributed by atoms with E-state index in [0.29, 0.717) is 18.9 Å². The number of guanidine groups is 1. The van der Waals surface area contributed by atoms with E-state index in [0.717, 1.165) is 42.6 Å². The fraction of sp³-hybridized carbons (Fsp3) is 0.500. The second-order valence-electron chi connectivity index (χ2n) is 6.24. The number of benzene rings is 1. The zero-order valence-corrected chi connectivity index (χ0v) is 16.8. The normalized spacial score (nSPS) is 12.8. The lowest BCUT2D eigenvalue weighted by atomic mass is 10.2. The molecule has 0 bridgehead atoms. The van der Waals surface area contributed by atoms with Crippen molar-refractivity contribution in [3.63, 3.8) is 0 Å². The number of hydrogen-bond acceptors (Lipinski definition) is 5. The zero-order chi connectivity index (χ0) is 19.5. The molecule has 1 heterocycles. The lowest BCUT2D eigenvalue weighted by Crippen LogP contribution is -2.38. The van der Waals surface area contributed by atoms with Crippen molar-refractivity contribution in [3.05, 3.63) is 35.2 Å². The van der Waals surface area contributed by atoms with Gasteiger partial charge in [0.1, 0.15) is 6.10 Å². The molecule has 1 unspecified atom stereocenters. The maximum absolute atomic E-state index is 11.1. The van der Waals surface area contributed by atoms with Crippen molar-refractivity contribution in [3.8, 4) is 0 Å². The predicted octanol–water partition coefficient (Wildman–Crippen LogP) is 3.22. The monoisotopic (exact) mass is 391 g/mol. The van der Waals surface area contributed by atoms with Gasteiger partial charge in [-0.2, -0.15) is 0 Å². The van der Waals surface area contributed by atoms with Crippen LogP contribution in [0, 0.1) is 0 Å². The Balaban J connectivity index is 1.78.